The van der Waals surface area contributed by atoms with Gasteiger partial charge in [-0.3, -0.25) is 9.59 Å². The van der Waals surface area contributed by atoms with E-state index < -0.39 is 0 Å². The molecule has 4 rings (SSSR count). The van der Waals surface area contributed by atoms with Gasteiger partial charge in [0.1, 0.15) is 0 Å². The number of hydrogen-bond donors (Lipinski definition) is 0. The van der Waals surface area contributed by atoms with Crippen molar-refractivity contribution in [2.75, 3.05) is 19.7 Å². The smallest absolute Gasteiger partial charge is 0.307 e. The molecule has 0 aromatic carbocycles. The SMILES string of the molecule is CCCCCN(CCC(=O)OCC)C(=O)C12CC3CC(CC(C3)C1)C2. The van der Waals surface area contributed by atoms with Crippen LogP contribution in [0.2, 0.25) is 0 Å². The summed E-state index contributed by atoms with van der Waals surface area (Å²) < 4.78 is 5.07. The summed E-state index contributed by atoms with van der Waals surface area (Å²) in [5.74, 6) is 2.50. The Hall–Kier alpha value is -1.06. The van der Waals surface area contributed by atoms with Gasteiger partial charge in [-0.25, -0.2) is 0 Å². The monoisotopic (exact) mass is 349 g/mol. The van der Waals surface area contributed by atoms with E-state index in [1.807, 2.05) is 11.8 Å². The Bertz CT molecular complexity index is 452. The van der Waals surface area contributed by atoms with Crippen molar-refractivity contribution in [2.24, 2.45) is 23.2 Å². The van der Waals surface area contributed by atoms with Gasteiger partial charge in [0.2, 0.25) is 5.91 Å². The zero-order valence-electron chi connectivity index (χ0n) is 16.1. The van der Waals surface area contributed by atoms with Crippen molar-refractivity contribution in [3.05, 3.63) is 0 Å². The summed E-state index contributed by atoms with van der Waals surface area (Å²) in [5.41, 5.74) is -0.102. The molecule has 0 aromatic rings. The first-order valence-electron chi connectivity index (χ1n) is 10.5. The molecule has 4 aliphatic rings. The van der Waals surface area contributed by atoms with Crippen LogP contribution in [0, 0.1) is 23.2 Å². The number of carbonyl (C=O) groups is 2. The molecule has 0 heterocycles. The Labute approximate surface area is 152 Å². The quantitative estimate of drug-likeness (QED) is 0.463. The highest BCUT2D eigenvalue weighted by Gasteiger charge is 2.55. The van der Waals surface area contributed by atoms with E-state index >= 15 is 0 Å². The van der Waals surface area contributed by atoms with Gasteiger partial charge in [0.25, 0.3) is 0 Å². The number of carbonyl (C=O) groups excluding carboxylic acids is 2. The van der Waals surface area contributed by atoms with Gasteiger partial charge in [0, 0.05) is 13.1 Å². The fraction of sp³-hybridized carbons (Fsp3) is 0.905. The Balaban J connectivity index is 1.66. The van der Waals surface area contributed by atoms with Gasteiger partial charge in [-0.15, -0.1) is 0 Å². The number of unbranched alkanes of at least 4 members (excludes halogenated alkanes) is 2. The van der Waals surface area contributed by atoms with Crippen LogP contribution in [0.4, 0.5) is 0 Å². The van der Waals surface area contributed by atoms with Gasteiger partial charge in [-0.1, -0.05) is 19.8 Å². The van der Waals surface area contributed by atoms with Crippen molar-refractivity contribution in [3.8, 4) is 0 Å². The van der Waals surface area contributed by atoms with Crippen LogP contribution >= 0.6 is 0 Å². The summed E-state index contributed by atoms with van der Waals surface area (Å²) in [4.78, 5) is 27.3. The largest absolute Gasteiger partial charge is 0.466 e. The van der Waals surface area contributed by atoms with E-state index in [-0.39, 0.29) is 11.4 Å². The standard InChI is InChI=1S/C21H35NO3/c1-3-5-6-8-22(9-7-19(23)25-4-2)20(24)21-13-16-10-17(14-21)12-18(11-16)15-21/h16-18H,3-15H2,1-2H3. The molecule has 4 saturated carbocycles. The van der Waals surface area contributed by atoms with Gasteiger partial charge >= 0.3 is 5.97 Å². The molecule has 0 saturated heterocycles. The van der Waals surface area contributed by atoms with Crippen molar-refractivity contribution in [3.63, 3.8) is 0 Å². The minimum absolute atomic E-state index is 0.102. The summed E-state index contributed by atoms with van der Waals surface area (Å²) in [6.45, 7) is 5.76. The predicted octanol–water partition coefficient (Wildman–Crippen LogP) is 4.17. The number of ether oxygens (including phenoxy) is 1. The highest BCUT2D eigenvalue weighted by molar-refractivity contribution is 5.84. The molecule has 0 spiro atoms. The van der Waals surface area contributed by atoms with Crippen LogP contribution in [0.25, 0.3) is 0 Å². The molecule has 4 nitrogen and oxygen atoms in total. The third-order valence-electron chi connectivity index (χ3n) is 6.70. The average molecular weight is 350 g/mol. The van der Waals surface area contributed by atoms with E-state index in [0.29, 0.717) is 25.5 Å². The first-order chi connectivity index (χ1) is 12.1. The summed E-state index contributed by atoms with van der Waals surface area (Å²) in [5, 5.41) is 0. The van der Waals surface area contributed by atoms with E-state index in [2.05, 4.69) is 6.92 Å². The molecule has 0 aromatic heterocycles. The number of rotatable bonds is 9. The van der Waals surface area contributed by atoms with Gasteiger partial charge in [-0.05, 0) is 69.6 Å². The maximum Gasteiger partial charge on any atom is 0.307 e. The highest BCUT2D eigenvalue weighted by Crippen LogP contribution is 2.60. The summed E-state index contributed by atoms with van der Waals surface area (Å²) in [6.07, 6.45) is 11.0. The lowest BCUT2D eigenvalue weighted by atomic mass is 9.49. The maximum absolute atomic E-state index is 13.5. The normalized spacial score (nSPS) is 32.6. The number of nitrogens with zero attached hydrogens (tertiary/aromatic N) is 1. The van der Waals surface area contributed by atoms with Crippen LogP contribution < -0.4 is 0 Å². The van der Waals surface area contributed by atoms with Crippen molar-refractivity contribution in [2.45, 2.75) is 78.1 Å². The van der Waals surface area contributed by atoms with Crippen molar-refractivity contribution < 1.29 is 14.3 Å². The van der Waals surface area contributed by atoms with E-state index in [9.17, 15) is 9.59 Å². The second kappa shape index (κ2) is 8.09. The first-order valence-corrected chi connectivity index (χ1v) is 10.5. The van der Waals surface area contributed by atoms with Crippen LogP contribution in [0.1, 0.15) is 78.1 Å². The van der Waals surface area contributed by atoms with Gasteiger partial charge in [0.05, 0.1) is 18.4 Å². The number of esters is 1. The van der Waals surface area contributed by atoms with Gasteiger partial charge < -0.3 is 9.64 Å². The lowest BCUT2D eigenvalue weighted by Gasteiger charge is -2.56. The Morgan fingerprint density at radius 2 is 1.56 bits per heavy atom. The average Bonchev–Trinajstić information content (AvgIpc) is 2.56. The van der Waals surface area contributed by atoms with E-state index in [1.165, 1.54) is 19.3 Å². The zero-order valence-corrected chi connectivity index (χ0v) is 16.1. The highest BCUT2D eigenvalue weighted by atomic mass is 16.5. The van der Waals surface area contributed by atoms with E-state index in [0.717, 1.165) is 62.8 Å². The topological polar surface area (TPSA) is 46.6 Å². The second-order valence-electron chi connectivity index (χ2n) is 8.75. The molecule has 0 atom stereocenters. The molecule has 0 aliphatic heterocycles. The van der Waals surface area contributed by atoms with Gasteiger partial charge in [-0.2, -0.15) is 0 Å². The zero-order chi connectivity index (χ0) is 17.9. The van der Waals surface area contributed by atoms with Crippen LogP contribution in [-0.2, 0) is 14.3 Å². The van der Waals surface area contributed by atoms with Crippen molar-refractivity contribution in [1.29, 1.82) is 0 Å². The molecule has 4 bridgehead atoms. The molecule has 25 heavy (non-hydrogen) atoms. The summed E-state index contributed by atoms with van der Waals surface area (Å²) in [6, 6.07) is 0. The van der Waals surface area contributed by atoms with Crippen LogP contribution in [0.3, 0.4) is 0 Å². The molecule has 0 radical (unpaired) electrons. The molecular formula is C21H35NO3. The predicted molar refractivity (Wildman–Crippen MR) is 98.0 cm³/mol. The first kappa shape index (κ1) is 18.7. The summed E-state index contributed by atoms with van der Waals surface area (Å²) in [7, 11) is 0. The fourth-order valence-electron chi connectivity index (χ4n) is 6.03. The third kappa shape index (κ3) is 4.20. The van der Waals surface area contributed by atoms with Crippen LogP contribution in [0.5, 0.6) is 0 Å². The minimum atomic E-state index is -0.179. The molecule has 1 amide bonds. The minimum Gasteiger partial charge on any atom is -0.466 e. The maximum atomic E-state index is 13.5. The lowest BCUT2D eigenvalue weighted by molar-refractivity contribution is -0.158. The van der Waals surface area contributed by atoms with Gasteiger partial charge in [0.15, 0.2) is 0 Å². The molecule has 4 aliphatic carbocycles. The molecule has 0 N–H and O–H groups in total. The fourth-order valence-corrected chi connectivity index (χ4v) is 6.03. The summed E-state index contributed by atoms with van der Waals surface area (Å²) >= 11 is 0. The second-order valence-corrected chi connectivity index (χ2v) is 8.75. The number of hydrogen-bond acceptors (Lipinski definition) is 3. The molecular weight excluding hydrogens is 314 g/mol. The molecule has 142 valence electrons. The molecule has 4 heteroatoms. The Kier molecular flexibility index (Phi) is 6.06. The molecule has 0 unspecified atom stereocenters. The number of amides is 1. The van der Waals surface area contributed by atoms with Crippen molar-refractivity contribution in [1.82, 2.24) is 4.90 Å². The van der Waals surface area contributed by atoms with E-state index in [1.54, 1.807) is 0 Å². The van der Waals surface area contributed by atoms with Crippen LogP contribution in [-0.4, -0.2) is 36.5 Å². The molecule has 4 fully saturated rings. The Morgan fingerprint density at radius 1 is 0.960 bits per heavy atom. The Morgan fingerprint density at radius 3 is 2.08 bits per heavy atom. The van der Waals surface area contributed by atoms with Crippen LogP contribution in [0.15, 0.2) is 0 Å². The van der Waals surface area contributed by atoms with E-state index in [4.69, 9.17) is 4.74 Å². The lowest BCUT2D eigenvalue weighted by Crippen LogP contribution is -2.55. The third-order valence-corrected chi connectivity index (χ3v) is 6.70. The van der Waals surface area contributed by atoms with Crippen molar-refractivity contribution >= 4 is 11.9 Å².